The summed E-state index contributed by atoms with van der Waals surface area (Å²) >= 11 is 1.55. The fraction of sp³-hybridized carbons (Fsp3) is 0.0625. The topological polar surface area (TPSA) is 105 Å². The molecule has 0 fully saturated rings. The van der Waals surface area contributed by atoms with E-state index in [4.69, 9.17) is 9.47 Å². The Kier molecular flexibility index (Phi) is 3.93. The van der Waals surface area contributed by atoms with Crippen molar-refractivity contribution in [2.45, 2.75) is 0 Å². The minimum absolute atomic E-state index is 0.157. The molecule has 26 heavy (non-hydrogen) atoms. The lowest BCUT2D eigenvalue weighted by Gasteiger charge is -2.07. The van der Waals surface area contributed by atoms with Gasteiger partial charge >= 0.3 is 5.69 Å². The largest absolute Gasteiger partial charge is 0.490 e. The number of benzene rings is 1. The van der Waals surface area contributed by atoms with Crippen molar-refractivity contribution < 1.29 is 14.4 Å². The van der Waals surface area contributed by atoms with Gasteiger partial charge in [0.2, 0.25) is 5.88 Å². The van der Waals surface area contributed by atoms with Crippen LogP contribution in [-0.2, 0) is 0 Å². The van der Waals surface area contributed by atoms with Gasteiger partial charge in [0.05, 0.1) is 18.1 Å². The van der Waals surface area contributed by atoms with Crippen LogP contribution in [0, 0.1) is 10.1 Å². The number of nitrogens with zero attached hydrogens (tertiary/aromatic N) is 5. The van der Waals surface area contributed by atoms with Gasteiger partial charge in [0.1, 0.15) is 5.75 Å². The Bertz CT molecular complexity index is 1090. The third-order valence-electron chi connectivity index (χ3n) is 3.59. The van der Waals surface area contributed by atoms with Crippen LogP contribution in [0.15, 0.2) is 47.2 Å². The van der Waals surface area contributed by atoms with Crippen LogP contribution in [0.2, 0.25) is 0 Å². The molecule has 0 bridgehead atoms. The number of ether oxygens (including phenoxy) is 2. The van der Waals surface area contributed by atoms with Crippen LogP contribution in [0.25, 0.3) is 17.0 Å². The van der Waals surface area contributed by atoms with Gasteiger partial charge in [-0.2, -0.15) is 15.9 Å². The molecule has 4 aromatic rings. The summed E-state index contributed by atoms with van der Waals surface area (Å²) in [5.74, 6) is 1.28. The maximum absolute atomic E-state index is 11.1. The fourth-order valence-corrected chi connectivity index (χ4v) is 3.03. The molecule has 0 amide bonds. The van der Waals surface area contributed by atoms with Crippen molar-refractivity contribution in [2.24, 2.45) is 0 Å². The smallest absolute Gasteiger partial charge is 0.314 e. The summed E-state index contributed by atoms with van der Waals surface area (Å²) in [5.41, 5.74) is 1.28. The normalized spacial score (nSPS) is 10.8. The van der Waals surface area contributed by atoms with E-state index in [0.717, 1.165) is 5.56 Å². The SMILES string of the molecule is COc1ccc(Oc2ccc3nnc(-c4ccsc4)n3n2)cc1[N+](=O)[O-]. The Morgan fingerprint density at radius 3 is 2.81 bits per heavy atom. The molecule has 0 aliphatic rings. The van der Waals surface area contributed by atoms with E-state index in [0.29, 0.717) is 11.5 Å². The van der Waals surface area contributed by atoms with Gasteiger partial charge in [-0.25, -0.2) is 0 Å². The maximum Gasteiger partial charge on any atom is 0.314 e. The molecule has 0 unspecified atom stereocenters. The first-order valence-corrected chi connectivity index (χ1v) is 8.35. The molecule has 0 atom stereocenters. The molecule has 0 radical (unpaired) electrons. The number of rotatable bonds is 5. The standard InChI is InChI=1S/C16H11N5O4S/c1-24-13-3-2-11(8-12(13)21(22)23)25-15-5-4-14-17-18-16(20(14)19-15)10-6-7-26-9-10/h2-9H,1H3. The van der Waals surface area contributed by atoms with Gasteiger partial charge in [-0.05, 0) is 29.6 Å². The van der Waals surface area contributed by atoms with E-state index in [1.54, 1.807) is 34.1 Å². The maximum atomic E-state index is 11.1. The van der Waals surface area contributed by atoms with Crippen molar-refractivity contribution in [2.75, 3.05) is 7.11 Å². The van der Waals surface area contributed by atoms with Gasteiger partial charge in [0.15, 0.2) is 17.2 Å². The Hall–Kier alpha value is -3.53. The molecule has 0 saturated carbocycles. The van der Waals surface area contributed by atoms with Gasteiger partial charge in [-0.3, -0.25) is 10.1 Å². The summed E-state index contributed by atoms with van der Waals surface area (Å²) in [6, 6.07) is 9.59. The summed E-state index contributed by atoms with van der Waals surface area (Å²) in [6.07, 6.45) is 0. The molecule has 1 aromatic carbocycles. The molecule has 0 aliphatic carbocycles. The molecule has 9 nitrogen and oxygen atoms in total. The number of nitro groups is 1. The number of hydrogen-bond donors (Lipinski definition) is 0. The highest BCUT2D eigenvalue weighted by atomic mass is 32.1. The summed E-state index contributed by atoms with van der Waals surface area (Å²) in [6.45, 7) is 0. The van der Waals surface area contributed by atoms with Crippen LogP contribution in [-0.4, -0.2) is 31.8 Å². The molecule has 3 heterocycles. The van der Waals surface area contributed by atoms with Crippen molar-refractivity contribution in [3.05, 3.63) is 57.3 Å². The van der Waals surface area contributed by atoms with Gasteiger partial charge in [-0.15, -0.1) is 15.3 Å². The summed E-state index contributed by atoms with van der Waals surface area (Å²) < 4.78 is 12.2. The molecule has 130 valence electrons. The molecular weight excluding hydrogens is 358 g/mol. The monoisotopic (exact) mass is 369 g/mol. The Balaban J connectivity index is 1.71. The highest BCUT2D eigenvalue weighted by Crippen LogP contribution is 2.32. The van der Waals surface area contributed by atoms with Crippen LogP contribution < -0.4 is 9.47 Å². The van der Waals surface area contributed by atoms with E-state index in [1.807, 2.05) is 16.8 Å². The summed E-state index contributed by atoms with van der Waals surface area (Å²) in [7, 11) is 1.37. The predicted molar refractivity (Wildman–Crippen MR) is 93.8 cm³/mol. The number of methoxy groups -OCH3 is 1. The molecule has 3 aromatic heterocycles. The second-order valence-electron chi connectivity index (χ2n) is 5.17. The van der Waals surface area contributed by atoms with E-state index < -0.39 is 4.92 Å². The van der Waals surface area contributed by atoms with Crippen molar-refractivity contribution in [1.82, 2.24) is 19.8 Å². The molecule has 10 heteroatoms. The first-order valence-electron chi connectivity index (χ1n) is 7.41. The van der Waals surface area contributed by atoms with E-state index in [9.17, 15) is 10.1 Å². The minimum atomic E-state index is -0.531. The third-order valence-corrected chi connectivity index (χ3v) is 4.27. The second-order valence-corrected chi connectivity index (χ2v) is 5.95. The van der Waals surface area contributed by atoms with E-state index in [2.05, 4.69) is 15.3 Å². The van der Waals surface area contributed by atoms with Crippen LogP contribution in [0.4, 0.5) is 5.69 Å². The molecule has 0 aliphatic heterocycles. The lowest BCUT2D eigenvalue weighted by Crippen LogP contribution is -1.98. The zero-order valence-corrected chi connectivity index (χ0v) is 14.2. The highest BCUT2D eigenvalue weighted by molar-refractivity contribution is 7.08. The number of hydrogen-bond acceptors (Lipinski definition) is 8. The van der Waals surface area contributed by atoms with Crippen LogP contribution in [0.5, 0.6) is 17.4 Å². The number of nitro benzene ring substituents is 1. The van der Waals surface area contributed by atoms with E-state index in [-0.39, 0.29) is 23.1 Å². The van der Waals surface area contributed by atoms with Crippen LogP contribution >= 0.6 is 11.3 Å². The van der Waals surface area contributed by atoms with Gasteiger partial charge in [0.25, 0.3) is 0 Å². The van der Waals surface area contributed by atoms with Crippen molar-refractivity contribution >= 4 is 22.7 Å². The zero-order valence-electron chi connectivity index (χ0n) is 13.4. The fourth-order valence-electron chi connectivity index (χ4n) is 2.39. The number of fused-ring (bicyclic) bond motifs is 1. The summed E-state index contributed by atoms with van der Waals surface area (Å²) in [4.78, 5) is 10.6. The first-order chi connectivity index (χ1) is 12.7. The molecular formula is C16H11N5O4S. The summed E-state index contributed by atoms with van der Waals surface area (Å²) in [5, 5.41) is 27.6. The van der Waals surface area contributed by atoms with E-state index >= 15 is 0 Å². The second kappa shape index (κ2) is 6.41. The quantitative estimate of drug-likeness (QED) is 0.391. The molecule has 0 saturated heterocycles. The Morgan fingerprint density at radius 1 is 1.19 bits per heavy atom. The van der Waals surface area contributed by atoms with Crippen LogP contribution in [0.3, 0.4) is 0 Å². The van der Waals surface area contributed by atoms with Crippen molar-refractivity contribution in [3.63, 3.8) is 0 Å². The molecule has 0 N–H and O–H groups in total. The average molecular weight is 369 g/mol. The van der Waals surface area contributed by atoms with E-state index in [1.165, 1.54) is 19.2 Å². The first kappa shape index (κ1) is 16.0. The van der Waals surface area contributed by atoms with Gasteiger partial charge in [-0.1, -0.05) is 0 Å². The molecule has 0 spiro atoms. The highest BCUT2D eigenvalue weighted by Gasteiger charge is 2.17. The predicted octanol–water partition coefficient (Wildman–Crippen LogP) is 3.56. The van der Waals surface area contributed by atoms with Gasteiger partial charge in [0, 0.05) is 17.0 Å². The number of thiophene rings is 1. The zero-order chi connectivity index (χ0) is 18.1. The van der Waals surface area contributed by atoms with Crippen molar-refractivity contribution in [3.8, 4) is 28.8 Å². The Labute approximate surface area is 150 Å². The van der Waals surface area contributed by atoms with Gasteiger partial charge < -0.3 is 9.47 Å². The lowest BCUT2D eigenvalue weighted by atomic mass is 10.3. The Morgan fingerprint density at radius 2 is 2.08 bits per heavy atom. The average Bonchev–Trinajstić information content (AvgIpc) is 3.30. The third kappa shape index (κ3) is 2.82. The minimum Gasteiger partial charge on any atom is -0.490 e. The lowest BCUT2D eigenvalue weighted by molar-refractivity contribution is -0.385. The van der Waals surface area contributed by atoms with Crippen LogP contribution in [0.1, 0.15) is 0 Å². The number of aromatic nitrogens is 4. The van der Waals surface area contributed by atoms with Crippen molar-refractivity contribution in [1.29, 1.82) is 0 Å². The molecule has 4 rings (SSSR count).